The van der Waals surface area contributed by atoms with Gasteiger partial charge in [0.15, 0.2) is 0 Å². The molecular weight excluding hydrogens is 1550 g/mol. The third kappa shape index (κ3) is 40.5. The van der Waals surface area contributed by atoms with Crippen LogP contribution in [0.2, 0.25) is 0 Å². The van der Waals surface area contributed by atoms with Gasteiger partial charge in [-0.3, -0.25) is 0 Å². The summed E-state index contributed by atoms with van der Waals surface area (Å²) in [5.41, 5.74) is 0. The molecule has 0 rings (SSSR count). The Labute approximate surface area is 743 Å². The molecule has 0 unspecified atom stereocenters. The van der Waals surface area contributed by atoms with Crippen molar-refractivity contribution in [2.75, 3.05) is 157 Å². The summed E-state index contributed by atoms with van der Waals surface area (Å²) in [4.78, 5) is 20.0. The average Bonchev–Trinajstić information content (AvgIpc) is 0.682. The topological polar surface area (TPSA) is 109 Å². The Hall–Kier alpha value is 0.830. The summed E-state index contributed by atoms with van der Waals surface area (Å²) in [6.45, 7) is 81.1. The Morgan fingerprint density at radius 1 is 0.136 bits per heavy atom. The van der Waals surface area contributed by atoms with E-state index in [1.807, 2.05) is 0 Å². The van der Waals surface area contributed by atoms with Crippen LogP contribution in [0.15, 0.2) is 18.1 Å². The molecule has 0 aromatic rings. The minimum atomic E-state index is -6.46. The third-order valence-electron chi connectivity index (χ3n) is 24.1. The van der Waals surface area contributed by atoms with E-state index in [1.54, 1.807) is 0 Å². The van der Waals surface area contributed by atoms with Crippen LogP contribution < -0.4 is 0 Å². The summed E-state index contributed by atoms with van der Waals surface area (Å²) >= 11 is 0. The van der Waals surface area contributed by atoms with E-state index in [0.29, 0.717) is 0 Å². The second kappa shape index (κ2) is 74.6. The summed E-state index contributed by atoms with van der Waals surface area (Å²) in [5.74, 6) is 0. The molecule has 17 nitrogen and oxygen atoms in total. The van der Waals surface area contributed by atoms with Crippen molar-refractivity contribution in [2.45, 2.75) is 474 Å². The molecule has 0 bridgehead atoms. The van der Waals surface area contributed by atoms with E-state index in [9.17, 15) is 0 Å². The molecule has 0 aromatic heterocycles. The zero-order valence-corrected chi connectivity index (χ0v) is 89.2. The van der Waals surface area contributed by atoms with Crippen LogP contribution in [0.1, 0.15) is 474 Å². The normalized spacial score (nSPS) is 13.4. The minimum absolute atomic E-state index is 0.913. The van der Waals surface area contributed by atoms with Gasteiger partial charge in [0.1, 0.15) is 0 Å². The predicted octanol–water partition coefficient (Wildman–Crippen LogP) is 32.7. The first kappa shape index (κ1) is 119. The van der Waals surface area contributed by atoms with E-state index in [-0.39, 0.29) is 0 Å². The van der Waals surface area contributed by atoms with Gasteiger partial charge in [-0.1, -0.05) is 0 Å². The Morgan fingerprint density at radius 3 is 0.246 bits per heavy atom. The molecule has 0 atom stereocenters. The first-order chi connectivity index (χ1) is 57.4. The van der Waals surface area contributed by atoms with Crippen LogP contribution in [0.4, 0.5) is 0 Å². The van der Waals surface area contributed by atoms with Gasteiger partial charge in [0.2, 0.25) is 0 Å². The van der Waals surface area contributed by atoms with E-state index < -0.39 is 37.5 Å². The standard InChI is InChI=1S/C96H217N16OP5/c1-25-49-73-101(74-50-26-2)114(102(75-51-27-3)76-52-28-4,103(77-53-29-5)78-54-30-6)97-118(113,98-115(104(79-55-31-7)80-56-32-8,105(81-57-33-9)82-58-34-10)106(83-59-35-11)84-60-36-12,99-116(107(85-61-37-13)86-62-38-14,108(87-63-39-15)88-64-40-16)109(89-65-41-17)90-66-42-18)100-117(110(91-67-43-19)92-68-44-20,111(93-69-45-21)94-70-46-22)112(95-71-47-23)96-72-48-24/h113H,25-96H2,1-24H3. The maximum atomic E-state index is 20.0. The Morgan fingerprint density at radius 2 is 0.195 bits per heavy atom. The fourth-order valence-electron chi connectivity index (χ4n) is 16.5. The number of rotatable bonds is 88. The van der Waals surface area contributed by atoms with Gasteiger partial charge < -0.3 is 0 Å². The molecule has 0 saturated carbocycles. The number of nitrogens with zero attached hydrogens (tertiary/aromatic N) is 16. The SMILES string of the molecule is CCCCN(CCCC)P(=NP(O)(N=P(N(CCCC)CCCC)(N(CCCC)CCCC)N(CCCC)CCCC)(N=P(N(CCCC)CCCC)(N(CCCC)CCCC)N(CCCC)CCCC)N=P(N(CCCC)CCCC)(N(CCCC)CCCC)N(CCCC)CCCC)(N(CCCC)CCCC)N(CCCC)CCCC. The zero-order valence-electron chi connectivity index (χ0n) is 84.8. The van der Waals surface area contributed by atoms with E-state index in [1.165, 1.54) is 0 Å². The van der Waals surface area contributed by atoms with Gasteiger partial charge in [0.25, 0.3) is 0 Å². The number of hydrogen-bond donors (Lipinski definition) is 1. The first-order valence-electron chi connectivity index (χ1n) is 52.8. The van der Waals surface area contributed by atoms with E-state index in [0.717, 1.165) is 465 Å². The maximum absolute atomic E-state index is 20.0. The summed E-state index contributed by atoms with van der Waals surface area (Å²) in [7, 11) is -20.7. The van der Waals surface area contributed by atoms with Gasteiger partial charge in [-0.25, -0.2) is 0 Å². The monoisotopic (exact) mass is 1770 g/mol. The second-order valence-electron chi connectivity index (χ2n) is 35.3. The molecule has 0 saturated heterocycles. The summed E-state index contributed by atoms with van der Waals surface area (Å²) in [6, 6.07) is 0. The van der Waals surface area contributed by atoms with E-state index in [2.05, 4.69) is 222 Å². The molecule has 0 spiro atoms. The van der Waals surface area contributed by atoms with Crippen LogP contribution in [0.3, 0.4) is 0 Å². The number of unbranched alkanes of at least 4 members (excludes halogenated alkanes) is 24. The van der Waals surface area contributed by atoms with E-state index >= 15 is 4.89 Å². The van der Waals surface area contributed by atoms with Gasteiger partial charge in [0, 0.05) is 0 Å². The Balaban J connectivity index is 16.2. The van der Waals surface area contributed by atoms with Gasteiger partial charge in [-0.2, -0.15) is 0 Å². The molecule has 0 heterocycles. The average molecular weight is 1770 g/mol. The molecule has 0 radical (unpaired) electrons. The Bertz CT molecular complexity index is 1860. The molecule has 0 fully saturated rings. The molecule has 0 aliphatic heterocycles. The van der Waals surface area contributed by atoms with Crippen molar-refractivity contribution in [1.82, 2.24) is 56.0 Å². The fraction of sp³-hybridized carbons (Fsp3) is 1.00. The zero-order chi connectivity index (χ0) is 88.1. The molecule has 0 aliphatic carbocycles. The van der Waals surface area contributed by atoms with Gasteiger partial charge in [-0.15, -0.1) is 0 Å². The molecule has 118 heavy (non-hydrogen) atoms. The Kier molecular flexibility index (Phi) is 75.1. The van der Waals surface area contributed by atoms with Crippen molar-refractivity contribution in [3.8, 4) is 0 Å². The van der Waals surface area contributed by atoms with Crippen molar-refractivity contribution >= 4 is 37.5 Å². The van der Waals surface area contributed by atoms with E-state index in [4.69, 9.17) is 18.1 Å². The summed E-state index contributed by atoms with van der Waals surface area (Å²) in [6.07, 6.45) is 51.5. The number of hydrogen-bond acceptors (Lipinski definition) is 5. The van der Waals surface area contributed by atoms with Crippen LogP contribution in [0, 0.1) is 0 Å². The molecular formula is C96H217N16OP5. The quantitative estimate of drug-likeness (QED) is 0.0584. The third-order valence-corrected chi connectivity index (χ3v) is 47.0. The van der Waals surface area contributed by atoms with Gasteiger partial charge in [-0.05, 0) is 0 Å². The van der Waals surface area contributed by atoms with Gasteiger partial charge in [0.05, 0.1) is 0 Å². The van der Waals surface area contributed by atoms with Crippen LogP contribution >= 0.6 is 37.5 Å². The van der Waals surface area contributed by atoms with Crippen molar-refractivity contribution in [1.29, 1.82) is 0 Å². The molecule has 1 N–H and O–H groups in total. The van der Waals surface area contributed by atoms with Crippen LogP contribution in [-0.4, -0.2) is 218 Å². The summed E-state index contributed by atoms with van der Waals surface area (Å²) in [5, 5.41) is 0. The van der Waals surface area contributed by atoms with Crippen LogP contribution in [0.5, 0.6) is 0 Å². The van der Waals surface area contributed by atoms with Gasteiger partial charge >= 0.3 is 748 Å². The van der Waals surface area contributed by atoms with Crippen molar-refractivity contribution < 1.29 is 4.89 Å². The molecule has 0 aromatic carbocycles. The van der Waals surface area contributed by atoms with Crippen molar-refractivity contribution in [3.05, 3.63) is 0 Å². The first-order valence-corrected chi connectivity index (χ1v) is 61.2. The predicted molar refractivity (Wildman–Crippen MR) is 543 cm³/mol. The van der Waals surface area contributed by atoms with Crippen LogP contribution in [-0.2, 0) is 0 Å². The molecule has 712 valence electrons. The molecule has 0 amide bonds. The van der Waals surface area contributed by atoms with Crippen molar-refractivity contribution in [2.24, 2.45) is 18.1 Å². The van der Waals surface area contributed by atoms with Crippen LogP contribution in [0.25, 0.3) is 0 Å². The molecule has 22 heteroatoms. The second-order valence-corrected chi connectivity index (χ2v) is 51.1. The molecule has 0 aliphatic rings. The van der Waals surface area contributed by atoms with Crippen molar-refractivity contribution in [3.63, 3.8) is 0 Å². The summed E-state index contributed by atoms with van der Waals surface area (Å²) < 4.78 is 70.0. The fourth-order valence-corrected chi connectivity index (χ4v) is 45.7.